The van der Waals surface area contributed by atoms with Gasteiger partial charge in [-0.2, -0.15) is 0 Å². The minimum Gasteiger partial charge on any atom is -0.379 e. The van der Waals surface area contributed by atoms with Gasteiger partial charge in [0.15, 0.2) is 0 Å². The molecule has 1 aromatic heterocycles. The summed E-state index contributed by atoms with van der Waals surface area (Å²) in [5.74, 6) is 5.39. The molecule has 2 heterocycles. The zero-order valence-electron chi connectivity index (χ0n) is 7.47. The van der Waals surface area contributed by atoms with Gasteiger partial charge in [-0.1, -0.05) is 0 Å². The second kappa shape index (κ2) is 6.47. The molecule has 1 aliphatic heterocycles. The first-order valence-electron chi connectivity index (χ1n) is 4.17. The van der Waals surface area contributed by atoms with Gasteiger partial charge in [0.25, 0.3) is 0 Å². The molecule has 0 saturated carbocycles. The van der Waals surface area contributed by atoms with E-state index in [1.807, 2.05) is 0 Å². The van der Waals surface area contributed by atoms with Crippen LogP contribution in [-0.2, 0) is 4.74 Å². The molecule has 5 nitrogen and oxygen atoms in total. The van der Waals surface area contributed by atoms with Gasteiger partial charge in [0.2, 0.25) is 0 Å². The lowest BCUT2D eigenvalue weighted by molar-refractivity contribution is 0.0378. The van der Waals surface area contributed by atoms with Crippen LogP contribution in [0.1, 0.15) is 0 Å². The molecule has 13 heavy (non-hydrogen) atoms. The fourth-order valence-electron chi connectivity index (χ4n) is 0.831. The molecule has 72 valence electrons. The predicted molar refractivity (Wildman–Crippen MR) is 48.6 cm³/mol. The molecule has 0 aromatic carbocycles. The van der Waals surface area contributed by atoms with Crippen LogP contribution in [0.3, 0.4) is 0 Å². The number of hydrazine groups is 1. The third-order valence-electron chi connectivity index (χ3n) is 1.52. The van der Waals surface area contributed by atoms with Crippen LogP contribution >= 0.6 is 0 Å². The van der Waals surface area contributed by atoms with Crippen LogP contribution in [-0.4, -0.2) is 41.3 Å². The lowest BCUT2D eigenvalue weighted by atomic mass is 10.5. The van der Waals surface area contributed by atoms with Gasteiger partial charge in [0, 0.05) is 25.5 Å². The summed E-state index contributed by atoms with van der Waals surface area (Å²) in [5, 5.41) is 1.77. The molecule has 1 aromatic rings. The normalized spacial score (nSPS) is 17.3. The van der Waals surface area contributed by atoms with Crippen LogP contribution in [0.2, 0.25) is 0 Å². The van der Waals surface area contributed by atoms with Crippen LogP contribution in [0.15, 0.2) is 24.8 Å². The highest BCUT2D eigenvalue weighted by atomic mass is 16.5. The highest BCUT2D eigenvalue weighted by Crippen LogP contribution is 1.86. The maximum Gasteiger partial charge on any atom is 0.115 e. The van der Waals surface area contributed by atoms with Crippen molar-refractivity contribution in [3.05, 3.63) is 24.8 Å². The molecule has 0 bridgehead atoms. The molecule has 1 aliphatic rings. The zero-order valence-corrected chi connectivity index (χ0v) is 7.47. The van der Waals surface area contributed by atoms with Crippen molar-refractivity contribution in [1.82, 2.24) is 15.0 Å². The summed E-state index contributed by atoms with van der Waals surface area (Å²) < 4.78 is 5.02. The molecule has 5 heteroatoms. The van der Waals surface area contributed by atoms with Crippen molar-refractivity contribution in [2.75, 3.05) is 26.3 Å². The molecule has 0 atom stereocenters. The van der Waals surface area contributed by atoms with Crippen molar-refractivity contribution in [3.63, 3.8) is 0 Å². The summed E-state index contributed by atoms with van der Waals surface area (Å²) in [6.45, 7) is 3.33. The second-order valence-electron chi connectivity index (χ2n) is 2.55. The van der Waals surface area contributed by atoms with E-state index in [0.717, 1.165) is 26.3 Å². The quantitative estimate of drug-likeness (QED) is 0.556. The first-order chi connectivity index (χ1) is 6.39. The fraction of sp³-hybridized carbons (Fsp3) is 0.500. The van der Waals surface area contributed by atoms with Gasteiger partial charge < -0.3 is 4.74 Å². The maximum absolute atomic E-state index is 5.39. The lowest BCUT2D eigenvalue weighted by Gasteiger charge is -2.20. The van der Waals surface area contributed by atoms with Crippen LogP contribution < -0.4 is 5.84 Å². The summed E-state index contributed by atoms with van der Waals surface area (Å²) in [7, 11) is 0. The number of hydrogen-bond acceptors (Lipinski definition) is 5. The molecule has 2 N–H and O–H groups in total. The minimum absolute atomic E-state index is 0.788. The fourth-order valence-corrected chi connectivity index (χ4v) is 0.831. The Morgan fingerprint density at radius 1 is 1.15 bits per heavy atom. The Bertz CT molecular complexity index is 174. The lowest BCUT2D eigenvalue weighted by Crippen LogP contribution is -2.41. The molecule has 1 saturated heterocycles. The van der Waals surface area contributed by atoms with E-state index in [9.17, 15) is 0 Å². The van der Waals surface area contributed by atoms with Crippen molar-refractivity contribution >= 4 is 0 Å². The smallest absolute Gasteiger partial charge is 0.115 e. The largest absolute Gasteiger partial charge is 0.379 e. The Labute approximate surface area is 77.5 Å². The van der Waals surface area contributed by atoms with E-state index in [4.69, 9.17) is 10.6 Å². The van der Waals surface area contributed by atoms with Gasteiger partial charge in [0.1, 0.15) is 6.33 Å². The molecule has 0 aliphatic carbocycles. The molecular formula is C8H14N4O. The van der Waals surface area contributed by atoms with E-state index in [-0.39, 0.29) is 0 Å². The van der Waals surface area contributed by atoms with Gasteiger partial charge in [-0.25, -0.2) is 15.0 Å². The molecular weight excluding hydrogens is 168 g/mol. The Balaban J connectivity index is 0.000000132. The Kier molecular flexibility index (Phi) is 5.00. The van der Waals surface area contributed by atoms with Gasteiger partial charge >= 0.3 is 0 Å². The van der Waals surface area contributed by atoms with Crippen LogP contribution in [0.4, 0.5) is 0 Å². The summed E-state index contributed by atoms with van der Waals surface area (Å²) in [6, 6.07) is 1.78. The summed E-state index contributed by atoms with van der Waals surface area (Å²) >= 11 is 0. The Morgan fingerprint density at radius 2 is 1.77 bits per heavy atom. The average Bonchev–Trinajstić information content (AvgIpc) is 2.22. The standard InChI is InChI=1S/C4H10N2O.C4H4N2/c5-6-1-3-7-4-2-6;1-2-5-4-6-3-1/h1-5H2;1-4H. The number of rotatable bonds is 0. The van der Waals surface area contributed by atoms with Gasteiger partial charge in [-0.15, -0.1) is 0 Å². The Hall–Kier alpha value is -1.04. The number of nitrogens with zero attached hydrogens (tertiary/aromatic N) is 3. The third-order valence-corrected chi connectivity index (χ3v) is 1.52. The summed E-state index contributed by atoms with van der Waals surface area (Å²) in [5.41, 5.74) is 0. The van der Waals surface area contributed by atoms with E-state index in [2.05, 4.69) is 9.97 Å². The number of hydrogen-bond donors (Lipinski definition) is 1. The monoisotopic (exact) mass is 182 g/mol. The number of morpholine rings is 1. The first-order valence-corrected chi connectivity index (χ1v) is 4.17. The van der Waals surface area contributed by atoms with Crippen molar-refractivity contribution < 1.29 is 4.74 Å². The van der Waals surface area contributed by atoms with Gasteiger partial charge in [-0.05, 0) is 6.07 Å². The average molecular weight is 182 g/mol. The maximum atomic E-state index is 5.39. The van der Waals surface area contributed by atoms with Gasteiger partial charge in [-0.3, -0.25) is 5.84 Å². The van der Waals surface area contributed by atoms with Crippen molar-refractivity contribution in [2.24, 2.45) is 5.84 Å². The van der Waals surface area contributed by atoms with Crippen molar-refractivity contribution in [3.8, 4) is 0 Å². The summed E-state index contributed by atoms with van der Waals surface area (Å²) in [6.07, 6.45) is 4.88. The molecule has 0 radical (unpaired) electrons. The van der Waals surface area contributed by atoms with Crippen LogP contribution in [0, 0.1) is 0 Å². The number of ether oxygens (including phenoxy) is 1. The summed E-state index contributed by atoms with van der Waals surface area (Å²) in [4.78, 5) is 7.35. The van der Waals surface area contributed by atoms with E-state index >= 15 is 0 Å². The highest BCUT2D eigenvalue weighted by Gasteiger charge is 2.02. The zero-order chi connectivity index (χ0) is 9.36. The second-order valence-corrected chi connectivity index (χ2v) is 2.55. The number of nitrogens with two attached hydrogens (primary N) is 1. The molecule has 2 rings (SSSR count). The van der Waals surface area contributed by atoms with E-state index in [1.54, 1.807) is 23.5 Å². The van der Waals surface area contributed by atoms with Crippen LogP contribution in [0.5, 0.6) is 0 Å². The predicted octanol–water partition coefficient (Wildman–Crippen LogP) is -0.331. The first kappa shape index (κ1) is 10.0. The third kappa shape index (κ3) is 5.24. The molecule has 0 spiro atoms. The molecule has 0 amide bonds. The molecule has 1 fully saturated rings. The molecule has 0 unspecified atom stereocenters. The van der Waals surface area contributed by atoms with Crippen molar-refractivity contribution in [1.29, 1.82) is 0 Å². The van der Waals surface area contributed by atoms with E-state index < -0.39 is 0 Å². The van der Waals surface area contributed by atoms with E-state index in [0.29, 0.717) is 0 Å². The SMILES string of the molecule is NN1CCOCC1.c1cncnc1. The van der Waals surface area contributed by atoms with Gasteiger partial charge in [0.05, 0.1) is 13.2 Å². The van der Waals surface area contributed by atoms with E-state index in [1.165, 1.54) is 6.33 Å². The Morgan fingerprint density at radius 3 is 2.00 bits per heavy atom. The van der Waals surface area contributed by atoms with Crippen LogP contribution in [0.25, 0.3) is 0 Å². The topological polar surface area (TPSA) is 64.3 Å². The minimum atomic E-state index is 0.788. The van der Waals surface area contributed by atoms with Crippen molar-refractivity contribution in [2.45, 2.75) is 0 Å². The highest BCUT2D eigenvalue weighted by molar-refractivity contribution is 4.74. The number of aromatic nitrogens is 2.